The van der Waals surface area contributed by atoms with E-state index in [1.807, 2.05) is 0 Å². The highest BCUT2D eigenvalue weighted by atomic mass is 16.5. The van der Waals surface area contributed by atoms with Crippen molar-refractivity contribution < 1.29 is 15.3 Å². The van der Waals surface area contributed by atoms with E-state index in [4.69, 9.17) is 10.6 Å². The predicted molar refractivity (Wildman–Crippen MR) is 26.1 cm³/mol. The first kappa shape index (κ1) is 2.03. The standard InChI is InChI=1S/C5H10O2/c6-5-1-3-7-4-2-5/h5-6H,1-4H2/i1D2,2D2. The van der Waals surface area contributed by atoms with Crippen LogP contribution < -0.4 is 0 Å². The molecule has 42 valence electrons. The van der Waals surface area contributed by atoms with Crippen molar-refractivity contribution >= 4 is 0 Å². The Balaban J connectivity index is 2.76. The molecule has 0 bridgehead atoms. The predicted octanol–water partition coefficient (Wildman–Crippen LogP) is 0.158. The van der Waals surface area contributed by atoms with Crippen LogP contribution in [0.25, 0.3) is 0 Å². The molecule has 1 heterocycles. The van der Waals surface area contributed by atoms with E-state index in [1.54, 1.807) is 0 Å². The maximum atomic E-state index is 9.13. The van der Waals surface area contributed by atoms with Gasteiger partial charge in [-0.1, -0.05) is 0 Å². The molecule has 1 rings (SSSR count). The molecule has 0 atom stereocenters. The van der Waals surface area contributed by atoms with Gasteiger partial charge in [-0.25, -0.2) is 0 Å². The largest absolute Gasteiger partial charge is 0.393 e. The highest BCUT2D eigenvalue weighted by molar-refractivity contribution is 4.58. The van der Waals surface area contributed by atoms with Gasteiger partial charge >= 0.3 is 0 Å². The van der Waals surface area contributed by atoms with Gasteiger partial charge < -0.3 is 9.84 Å². The topological polar surface area (TPSA) is 29.5 Å². The first-order valence-corrected chi connectivity index (χ1v) is 2.12. The molecule has 0 aromatic carbocycles. The maximum Gasteiger partial charge on any atom is 0.0584 e. The van der Waals surface area contributed by atoms with Gasteiger partial charge in [0.15, 0.2) is 0 Å². The van der Waals surface area contributed by atoms with Gasteiger partial charge in [0, 0.05) is 18.7 Å². The minimum absolute atomic E-state index is 0.242. The van der Waals surface area contributed by atoms with Crippen molar-refractivity contribution in [1.82, 2.24) is 0 Å². The smallest absolute Gasteiger partial charge is 0.0584 e. The second kappa shape index (κ2) is 2.28. The fourth-order valence-corrected chi connectivity index (χ4v) is 0.399. The summed E-state index contributed by atoms with van der Waals surface area (Å²) in [6, 6.07) is 0. The number of hydrogen-bond donors (Lipinski definition) is 1. The summed E-state index contributed by atoms with van der Waals surface area (Å²) in [6.45, 7) is -0.485. The van der Waals surface area contributed by atoms with Crippen molar-refractivity contribution in [3.05, 3.63) is 0 Å². The van der Waals surface area contributed by atoms with Crippen LogP contribution in [0.3, 0.4) is 0 Å². The number of aliphatic hydroxyl groups excluding tert-OH is 1. The Hall–Kier alpha value is -0.0800. The second-order valence-electron chi connectivity index (χ2n) is 1.30. The van der Waals surface area contributed by atoms with Gasteiger partial charge in [-0.2, -0.15) is 0 Å². The van der Waals surface area contributed by atoms with E-state index >= 15 is 0 Å². The lowest BCUT2D eigenvalue weighted by atomic mass is 10.2. The minimum atomic E-state index is -1.97. The first-order chi connectivity index (χ1) is 4.86. The zero-order valence-corrected chi connectivity index (χ0v) is 3.85. The third-order valence-corrected chi connectivity index (χ3v) is 0.757. The molecule has 0 saturated carbocycles. The fraction of sp³-hybridized carbons (Fsp3) is 1.00. The molecule has 0 unspecified atom stereocenters. The van der Waals surface area contributed by atoms with E-state index < -0.39 is 18.8 Å². The van der Waals surface area contributed by atoms with Crippen molar-refractivity contribution in [1.29, 1.82) is 0 Å². The quantitative estimate of drug-likeness (QED) is 0.476. The molecule has 0 amide bonds. The zero-order chi connectivity index (χ0) is 8.70. The van der Waals surface area contributed by atoms with E-state index in [0.717, 1.165) is 0 Å². The number of ether oxygens (including phenoxy) is 1. The van der Waals surface area contributed by atoms with Gasteiger partial charge in [-0.15, -0.1) is 0 Å². The van der Waals surface area contributed by atoms with Crippen LogP contribution in [0.4, 0.5) is 0 Å². The molecule has 0 radical (unpaired) electrons. The van der Waals surface area contributed by atoms with Crippen LogP contribution in [0.15, 0.2) is 0 Å². The highest BCUT2D eigenvalue weighted by Gasteiger charge is 2.07. The molecule has 1 aliphatic rings. The summed E-state index contributed by atoms with van der Waals surface area (Å²) in [7, 11) is 0. The molecule has 1 fully saturated rings. The van der Waals surface area contributed by atoms with Crippen LogP contribution in [-0.4, -0.2) is 24.4 Å². The number of rotatable bonds is 0. The fourth-order valence-electron chi connectivity index (χ4n) is 0.399. The van der Waals surface area contributed by atoms with Crippen LogP contribution in [0.1, 0.15) is 18.2 Å². The van der Waals surface area contributed by atoms with Gasteiger partial charge in [0.2, 0.25) is 0 Å². The molecule has 1 N–H and O–H groups in total. The molecule has 1 saturated heterocycles. The van der Waals surface area contributed by atoms with Crippen molar-refractivity contribution in [2.75, 3.05) is 13.2 Å². The third kappa shape index (κ3) is 1.45. The van der Waals surface area contributed by atoms with Gasteiger partial charge in [-0.05, 0) is 12.7 Å². The SMILES string of the molecule is [2H]C1([2H])COCC([2H])([2H])C1O. The molecule has 2 heteroatoms. The highest BCUT2D eigenvalue weighted by Crippen LogP contribution is 2.03. The van der Waals surface area contributed by atoms with Crippen LogP contribution in [0.5, 0.6) is 0 Å². The Morgan fingerprint density at radius 3 is 2.57 bits per heavy atom. The summed E-state index contributed by atoms with van der Waals surface area (Å²) in [5.41, 5.74) is 0. The molecular formula is C5H10O2. The number of hydrogen-bond acceptors (Lipinski definition) is 2. The summed E-state index contributed by atoms with van der Waals surface area (Å²) in [6.07, 6.45) is -5.53. The van der Waals surface area contributed by atoms with Gasteiger partial charge in [-0.3, -0.25) is 0 Å². The van der Waals surface area contributed by atoms with Gasteiger partial charge in [0.25, 0.3) is 0 Å². The van der Waals surface area contributed by atoms with Crippen LogP contribution >= 0.6 is 0 Å². The van der Waals surface area contributed by atoms with Crippen molar-refractivity contribution in [2.24, 2.45) is 0 Å². The van der Waals surface area contributed by atoms with Crippen LogP contribution in [0.2, 0.25) is 0 Å². The molecule has 0 aromatic rings. The maximum absolute atomic E-state index is 9.13. The monoisotopic (exact) mass is 106 g/mol. The lowest BCUT2D eigenvalue weighted by Crippen LogP contribution is -2.19. The summed E-state index contributed by atoms with van der Waals surface area (Å²) in [4.78, 5) is 0. The van der Waals surface area contributed by atoms with E-state index in [-0.39, 0.29) is 13.2 Å². The lowest BCUT2D eigenvalue weighted by Gasteiger charge is -2.15. The zero-order valence-electron chi connectivity index (χ0n) is 7.85. The second-order valence-corrected chi connectivity index (χ2v) is 1.30. The third-order valence-electron chi connectivity index (χ3n) is 0.757. The molecule has 0 spiro atoms. The van der Waals surface area contributed by atoms with Gasteiger partial charge in [0.05, 0.1) is 6.10 Å². The lowest BCUT2D eigenvalue weighted by molar-refractivity contribution is 0.0140. The number of aliphatic hydroxyl groups is 1. The molecule has 2 nitrogen and oxygen atoms in total. The van der Waals surface area contributed by atoms with Gasteiger partial charge in [0.1, 0.15) is 0 Å². The van der Waals surface area contributed by atoms with Crippen molar-refractivity contribution in [3.63, 3.8) is 0 Å². The summed E-state index contributed by atoms with van der Waals surface area (Å²) < 4.78 is 33.2. The summed E-state index contributed by atoms with van der Waals surface area (Å²) >= 11 is 0. The summed E-state index contributed by atoms with van der Waals surface area (Å²) in [5, 5.41) is 9.13. The molecule has 0 aromatic heterocycles. The van der Waals surface area contributed by atoms with Crippen molar-refractivity contribution in [2.45, 2.75) is 18.8 Å². The molecule has 0 aliphatic carbocycles. The Kier molecular flexibility index (Phi) is 0.664. The van der Waals surface area contributed by atoms with Crippen LogP contribution in [0, 0.1) is 0 Å². The average molecular weight is 106 g/mol. The van der Waals surface area contributed by atoms with E-state index in [2.05, 4.69) is 4.74 Å². The summed E-state index contributed by atoms with van der Waals surface area (Å²) in [5.74, 6) is 0. The molecule has 7 heavy (non-hydrogen) atoms. The normalized spacial score (nSPS) is 48.1. The molecular weight excluding hydrogens is 92.1 g/mol. The minimum Gasteiger partial charge on any atom is -0.393 e. The molecule has 1 aliphatic heterocycles. The Morgan fingerprint density at radius 1 is 1.57 bits per heavy atom. The van der Waals surface area contributed by atoms with E-state index in [1.165, 1.54) is 0 Å². The first-order valence-electron chi connectivity index (χ1n) is 4.12. The Labute approximate surface area is 48.7 Å². The van der Waals surface area contributed by atoms with Crippen LogP contribution in [-0.2, 0) is 4.74 Å². The Morgan fingerprint density at radius 2 is 2.14 bits per heavy atom. The van der Waals surface area contributed by atoms with E-state index in [9.17, 15) is 0 Å². The van der Waals surface area contributed by atoms with Crippen molar-refractivity contribution in [3.8, 4) is 0 Å². The Bertz CT molecular complexity index is 143. The average Bonchev–Trinajstić information content (AvgIpc) is 1.82. The van der Waals surface area contributed by atoms with E-state index in [0.29, 0.717) is 0 Å².